The number of hydrogen-bond donors (Lipinski definition) is 0. The van der Waals surface area contributed by atoms with E-state index in [2.05, 4.69) is 9.88 Å². The second kappa shape index (κ2) is 7.45. The van der Waals surface area contributed by atoms with Crippen LogP contribution >= 0.6 is 0 Å². The van der Waals surface area contributed by atoms with Gasteiger partial charge in [-0.3, -0.25) is 9.88 Å². The van der Waals surface area contributed by atoms with Gasteiger partial charge in [0.2, 0.25) is 0 Å². The van der Waals surface area contributed by atoms with E-state index in [4.69, 9.17) is 9.47 Å². The molecule has 0 aliphatic carbocycles. The van der Waals surface area contributed by atoms with Crippen LogP contribution in [0.5, 0.6) is 5.75 Å². The van der Waals surface area contributed by atoms with E-state index in [0.29, 0.717) is 19.7 Å². The second-order valence-corrected chi connectivity index (χ2v) is 6.35. The van der Waals surface area contributed by atoms with Crippen LogP contribution < -0.4 is 4.74 Å². The Labute approximate surface area is 132 Å². The quantitative estimate of drug-likeness (QED) is 0.852. The molecule has 0 N–H and O–H groups in total. The van der Waals surface area contributed by atoms with Crippen LogP contribution in [0.2, 0.25) is 0 Å². The van der Waals surface area contributed by atoms with E-state index in [9.17, 15) is 4.79 Å². The predicted molar refractivity (Wildman–Crippen MR) is 84.0 cm³/mol. The molecule has 0 bridgehead atoms. The van der Waals surface area contributed by atoms with Crippen LogP contribution in [0.15, 0.2) is 24.5 Å². The highest BCUT2D eigenvalue weighted by atomic mass is 16.6. The average molecular weight is 307 g/mol. The van der Waals surface area contributed by atoms with Gasteiger partial charge >= 0.3 is 6.09 Å². The van der Waals surface area contributed by atoms with E-state index >= 15 is 0 Å². The first kappa shape index (κ1) is 16.5. The molecular formula is C16H25N3O3. The lowest BCUT2D eigenvalue weighted by Crippen LogP contribution is -2.50. The highest BCUT2D eigenvalue weighted by molar-refractivity contribution is 5.68. The SMILES string of the molecule is CC(C)(C)OC(=O)N1CCN(CCOc2cccnc2)CC1. The molecule has 122 valence electrons. The van der Waals surface area contributed by atoms with E-state index in [1.807, 2.05) is 32.9 Å². The maximum Gasteiger partial charge on any atom is 0.410 e. The normalized spacial score (nSPS) is 16.4. The molecule has 0 spiro atoms. The standard InChI is InChI=1S/C16H25N3O3/c1-16(2,3)22-15(20)19-9-7-18(8-10-19)11-12-21-14-5-4-6-17-13-14/h4-6,13H,7-12H2,1-3H3. The lowest BCUT2D eigenvalue weighted by atomic mass is 10.2. The lowest BCUT2D eigenvalue weighted by Gasteiger charge is -2.35. The molecule has 1 aromatic rings. The third-order valence-corrected chi connectivity index (χ3v) is 3.33. The Balaban J connectivity index is 1.66. The van der Waals surface area contributed by atoms with Gasteiger partial charge < -0.3 is 14.4 Å². The Morgan fingerprint density at radius 1 is 1.27 bits per heavy atom. The Morgan fingerprint density at radius 3 is 2.59 bits per heavy atom. The summed E-state index contributed by atoms with van der Waals surface area (Å²) >= 11 is 0. The molecule has 6 heteroatoms. The van der Waals surface area contributed by atoms with Crippen LogP contribution in [0.25, 0.3) is 0 Å². The molecule has 0 atom stereocenters. The van der Waals surface area contributed by atoms with Gasteiger partial charge in [-0.05, 0) is 32.9 Å². The molecule has 22 heavy (non-hydrogen) atoms. The highest BCUT2D eigenvalue weighted by Crippen LogP contribution is 2.12. The molecule has 0 aromatic carbocycles. The molecule has 0 radical (unpaired) electrons. The number of carbonyl (C=O) groups excluding carboxylic acids is 1. The molecule has 2 heterocycles. The molecule has 6 nitrogen and oxygen atoms in total. The Morgan fingerprint density at radius 2 is 2.00 bits per heavy atom. The number of ether oxygens (including phenoxy) is 2. The van der Waals surface area contributed by atoms with Crippen molar-refractivity contribution in [1.29, 1.82) is 0 Å². The van der Waals surface area contributed by atoms with Crippen molar-refractivity contribution in [3.63, 3.8) is 0 Å². The van der Waals surface area contributed by atoms with Crippen LogP contribution in [0.4, 0.5) is 4.79 Å². The molecule has 1 aliphatic heterocycles. The third kappa shape index (κ3) is 5.52. The van der Waals surface area contributed by atoms with E-state index in [1.165, 1.54) is 0 Å². The van der Waals surface area contributed by atoms with Gasteiger partial charge in [-0.25, -0.2) is 4.79 Å². The Hall–Kier alpha value is -1.82. The first-order valence-corrected chi connectivity index (χ1v) is 7.67. The van der Waals surface area contributed by atoms with Crippen molar-refractivity contribution in [3.05, 3.63) is 24.5 Å². The number of amides is 1. The average Bonchev–Trinajstić information content (AvgIpc) is 2.47. The second-order valence-electron chi connectivity index (χ2n) is 6.35. The molecule has 1 saturated heterocycles. The van der Waals surface area contributed by atoms with Gasteiger partial charge in [0, 0.05) is 38.9 Å². The van der Waals surface area contributed by atoms with E-state index < -0.39 is 5.60 Å². The van der Waals surface area contributed by atoms with Crippen LogP contribution in [-0.2, 0) is 4.74 Å². The zero-order chi connectivity index (χ0) is 16.0. The number of carbonyl (C=O) groups is 1. The molecule has 1 fully saturated rings. The van der Waals surface area contributed by atoms with Crippen molar-refractivity contribution in [1.82, 2.24) is 14.8 Å². The van der Waals surface area contributed by atoms with E-state index in [0.717, 1.165) is 25.4 Å². The summed E-state index contributed by atoms with van der Waals surface area (Å²) in [5, 5.41) is 0. The third-order valence-electron chi connectivity index (χ3n) is 3.33. The fourth-order valence-electron chi connectivity index (χ4n) is 2.21. The van der Waals surface area contributed by atoms with Crippen LogP contribution in [0, 0.1) is 0 Å². The Kier molecular flexibility index (Phi) is 5.60. The van der Waals surface area contributed by atoms with E-state index in [1.54, 1.807) is 17.3 Å². The number of aromatic nitrogens is 1. The van der Waals surface area contributed by atoms with Gasteiger partial charge in [-0.2, -0.15) is 0 Å². The summed E-state index contributed by atoms with van der Waals surface area (Å²) in [6.45, 7) is 10.2. The minimum Gasteiger partial charge on any atom is -0.491 e. The summed E-state index contributed by atoms with van der Waals surface area (Å²) in [4.78, 5) is 20.0. The van der Waals surface area contributed by atoms with Crippen molar-refractivity contribution < 1.29 is 14.3 Å². The summed E-state index contributed by atoms with van der Waals surface area (Å²) in [6, 6.07) is 3.75. The van der Waals surface area contributed by atoms with Gasteiger partial charge in [-0.1, -0.05) is 0 Å². The van der Waals surface area contributed by atoms with Gasteiger partial charge in [-0.15, -0.1) is 0 Å². The lowest BCUT2D eigenvalue weighted by molar-refractivity contribution is 0.0137. The predicted octanol–water partition coefficient (Wildman–Crippen LogP) is 2.01. The van der Waals surface area contributed by atoms with Crippen LogP contribution in [0.1, 0.15) is 20.8 Å². The van der Waals surface area contributed by atoms with Crippen molar-refractivity contribution >= 4 is 6.09 Å². The number of nitrogens with zero attached hydrogens (tertiary/aromatic N) is 3. The van der Waals surface area contributed by atoms with Gasteiger partial charge in [0.1, 0.15) is 18.0 Å². The molecule has 2 rings (SSSR count). The fraction of sp³-hybridized carbons (Fsp3) is 0.625. The summed E-state index contributed by atoms with van der Waals surface area (Å²) in [6.07, 6.45) is 3.21. The zero-order valence-corrected chi connectivity index (χ0v) is 13.6. The van der Waals surface area contributed by atoms with Gasteiger partial charge in [0.25, 0.3) is 0 Å². The molecule has 0 unspecified atom stereocenters. The maximum absolute atomic E-state index is 12.0. The molecular weight excluding hydrogens is 282 g/mol. The largest absolute Gasteiger partial charge is 0.491 e. The number of hydrogen-bond acceptors (Lipinski definition) is 5. The molecule has 1 aliphatic rings. The van der Waals surface area contributed by atoms with Crippen LogP contribution in [-0.4, -0.2) is 65.8 Å². The zero-order valence-electron chi connectivity index (χ0n) is 13.6. The highest BCUT2D eigenvalue weighted by Gasteiger charge is 2.25. The van der Waals surface area contributed by atoms with Crippen molar-refractivity contribution in [3.8, 4) is 5.75 Å². The van der Waals surface area contributed by atoms with Crippen molar-refractivity contribution in [2.24, 2.45) is 0 Å². The Bertz CT molecular complexity index is 465. The molecule has 1 aromatic heterocycles. The van der Waals surface area contributed by atoms with E-state index in [-0.39, 0.29) is 6.09 Å². The fourth-order valence-corrected chi connectivity index (χ4v) is 2.21. The number of pyridine rings is 1. The monoisotopic (exact) mass is 307 g/mol. The summed E-state index contributed by atoms with van der Waals surface area (Å²) < 4.78 is 11.0. The minimum atomic E-state index is -0.439. The van der Waals surface area contributed by atoms with Crippen molar-refractivity contribution in [2.45, 2.75) is 26.4 Å². The smallest absolute Gasteiger partial charge is 0.410 e. The molecule has 0 saturated carbocycles. The first-order chi connectivity index (χ1) is 10.4. The number of rotatable bonds is 4. The summed E-state index contributed by atoms with van der Waals surface area (Å²) in [5.74, 6) is 0.787. The molecule has 1 amide bonds. The van der Waals surface area contributed by atoms with Crippen molar-refractivity contribution in [2.75, 3.05) is 39.3 Å². The summed E-state index contributed by atoms with van der Waals surface area (Å²) in [7, 11) is 0. The number of piperazine rings is 1. The topological polar surface area (TPSA) is 54.9 Å². The van der Waals surface area contributed by atoms with Crippen LogP contribution in [0.3, 0.4) is 0 Å². The minimum absolute atomic E-state index is 0.223. The summed E-state index contributed by atoms with van der Waals surface area (Å²) in [5.41, 5.74) is -0.439. The first-order valence-electron chi connectivity index (χ1n) is 7.67. The maximum atomic E-state index is 12.0. The van der Waals surface area contributed by atoms with Gasteiger partial charge in [0.05, 0.1) is 6.20 Å². The van der Waals surface area contributed by atoms with Gasteiger partial charge in [0.15, 0.2) is 0 Å².